The molecule has 1 N–H and O–H groups in total. The predicted molar refractivity (Wildman–Crippen MR) is 30.2 cm³/mol. The quantitative estimate of drug-likeness (QED) is 0.697. The molecule has 1 rings (SSSR count). The first kappa shape index (κ1) is 10.2. The van der Waals surface area contributed by atoms with Crippen LogP contribution in [0.25, 0.3) is 0 Å². The maximum atomic E-state index is 12.3. The largest absolute Gasteiger partial charge is 0.481 e. The molecule has 1 aliphatic carbocycles. The molecule has 0 saturated heterocycles. The fraction of sp³-hybridized carbons (Fsp3) is 0.833. The summed E-state index contributed by atoms with van der Waals surface area (Å²) in [4.78, 5) is 10.0. The number of hydrogen-bond donors (Lipinski definition) is 1. The van der Waals surface area contributed by atoms with E-state index in [2.05, 4.69) is 0 Å². The van der Waals surface area contributed by atoms with E-state index in [9.17, 15) is 26.7 Å². The van der Waals surface area contributed by atoms with Gasteiger partial charge in [0.1, 0.15) is 0 Å². The monoisotopic (exact) mass is 204 g/mol. The lowest BCUT2D eigenvalue weighted by atomic mass is 10.1. The zero-order valence-corrected chi connectivity index (χ0v) is 6.11. The molecule has 0 amide bonds. The van der Waals surface area contributed by atoms with Crippen molar-refractivity contribution < 1.29 is 31.9 Å². The molecule has 1 fully saturated rings. The number of carboxylic acids is 1. The summed E-state index contributed by atoms with van der Waals surface area (Å²) in [6, 6.07) is 0. The van der Waals surface area contributed by atoms with Crippen LogP contribution in [0.3, 0.4) is 0 Å². The molecule has 2 atom stereocenters. The van der Waals surface area contributed by atoms with Gasteiger partial charge >= 0.3 is 18.1 Å². The van der Waals surface area contributed by atoms with Gasteiger partial charge in [-0.25, -0.2) is 0 Å². The van der Waals surface area contributed by atoms with E-state index in [1.54, 1.807) is 0 Å². The van der Waals surface area contributed by atoms with Gasteiger partial charge in [-0.1, -0.05) is 0 Å². The number of alkyl halides is 5. The normalized spacial score (nSPS) is 28.7. The zero-order valence-electron chi connectivity index (χ0n) is 6.11. The number of carboxylic acid groups (broad SMARTS) is 1. The highest BCUT2D eigenvalue weighted by molar-refractivity contribution is 5.73. The minimum atomic E-state index is -5.65. The summed E-state index contributed by atoms with van der Waals surface area (Å²) in [5, 5.41) is 8.15. The van der Waals surface area contributed by atoms with Crippen LogP contribution < -0.4 is 0 Å². The first-order chi connectivity index (χ1) is 5.68. The lowest BCUT2D eigenvalue weighted by molar-refractivity contribution is -0.292. The number of hydrogen-bond acceptors (Lipinski definition) is 1. The number of rotatable bonds is 2. The van der Waals surface area contributed by atoms with Crippen molar-refractivity contribution in [3.8, 4) is 0 Å². The fourth-order valence-corrected chi connectivity index (χ4v) is 1.08. The van der Waals surface area contributed by atoms with Gasteiger partial charge in [0.25, 0.3) is 0 Å². The average Bonchev–Trinajstić information content (AvgIpc) is 2.60. The van der Waals surface area contributed by atoms with Gasteiger partial charge in [-0.05, 0) is 6.42 Å². The highest BCUT2D eigenvalue weighted by atomic mass is 19.4. The van der Waals surface area contributed by atoms with Crippen LogP contribution in [-0.2, 0) is 4.79 Å². The topological polar surface area (TPSA) is 37.3 Å². The molecule has 0 heterocycles. The van der Waals surface area contributed by atoms with Gasteiger partial charge in [0, 0.05) is 5.92 Å². The summed E-state index contributed by atoms with van der Waals surface area (Å²) in [5.41, 5.74) is 0. The molecule has 0 aromatic heterocycles. The average molecular weight is 204 g/mol. The van der Waals surface area contributed by atoms with Crippen LogP contribution in [0.5, 0.6) is 0 Å². The lowest BCUT2D eigenvalue weighted by Crippen LogP contribution is -2.39. The van der Waals surface area contributed by atoms with E-state index in [1.165, 1.54) is 0 Å². The van der Waals surface area contributed by atoms with Crippen molar-refractivity contribution in [2.24, 2.45) is 11.8 Å². The standard InChI is InChI=1S/C6H5F5O2/c7-5(8,6(9,10)11)3-1-2(3)4(12)13/h2-3H,1H2,(H,12,13). The molecule has 7 heteroatoms. The molecule has 0 bridgehead atoms. The van der Waals surface area contributed by atoms with Gasteiger partial charge < -0.3 is 5.11 Å². The van der Waals surface area contributed by atoms with Crippen molar-refractivity contribution in [2.75, 3.05) is 0 Å². The first-order valence-electron chi connectivity index (χ1n) is 3.35. The third-order valence-corrected chi connectivity index (χ3v) is 1.95. The molecule has 2 nitrogen and oxygen atoms in total. The van der Waals surface area contributed by atoms with Crippen LogP contribution in [-0.4, -0.2) is 23.2 Å². The molecule has 0 aliphatic heterocycles. The van der Waals surface area contributed by atoms with E-state index in [-0.39, 0.29) is 0 Å². The minimum absolute atomic E-state index is 0.609. The molecular formula is C6H5F5O2. The van der Waals surface area contributed by atoms with Gasteiger partial charge in [0.15, 0.2) is 0 Å². The molecule has 2 unspecified atom stereocenters. The van der Waals surface area contributed by atoms with Crippen molar-refractivity contribution in [2.45, 2.75) is 18.5 Å². The molecular weight excluding hydrogens is 199 g/mol. The molecule has 0 radical (unpaired) electrons. The molecule has 1 saturated carbocycles. The van der Waals surface area contributed by atoms with E-state index < -0.39 is 36.3 Å². The third-order valence-electron chi connectivity index (χ3n) is 1.95. The summed E-state index contributed by atoms with van der Waals surface area (Å²) in [5.74, 6) is -10.1. The first-order valence-corrected chi connectivity index (χ1v) is 3.35. The van der Waals surface area contributed by atoms with Gasteiger partial charge in [-0.2, -0.15) is 22.0 Å². The van der Waals surface area contributed by atoms with Crippen molar-refractivity contribution in [3.63, 3.8) is 0 Å². The summed E-state index contributed by atoms with van der Waals surface area (Å²) < 4.78 is 59.5. The SMILES string of the molecule is O=C(O)C1CC1C(F)(F)C(F)(F)F. The van der Waals surface area contributed by atoms with Crippen LogP contribution in [0.4, 0.5) is 22.0 Å². The molecule has 0 aromatic rings. The van der Waals surface area contributed by atoms with Crippen molar-refractivity contribution in [1.82, 2.24) is 0 Å². The van der Waals surface area contributed by atoms with Crippen molar-refractivity contribution >= 4 is 5.97 Å². The Morgan fingerprint density at radius 1 is 1.23 bits per heavy atom. The molecule has 0 aromatic carbocycles. The zero-order chi connectivity index (χ0) is 10.4. The second kappa shape index (κ2) is 2.55. The Balaban J connectivity index is 2.70. The van der Waals surface area contributed by atoms with E-state index >= 15 is 0 Å². The summed E-state index contributed by atoms with van der Waals surface area (Å²) in [6.45, 7) is 0. The van der Waals surface area contributed by atoms with Crippen LogP contribution in [0.2, 0.25) is 0 Å². The second-order valence-electron chi connectivity index (χ2n) is 2.91. The summed E-state index contributed by atoms with van der Waals surface area (Å²) in [7, 11) is 0. The Morgan fingerprint density at radius 3 is 1.92 bits per heavy atom. The van der Waals surface area contributed by atoms with E-state index in [0.717, 1.165) is 0 Å². The number of aliphatic carboxylic acids is 1. The smallest absolute Gasteiger partial charge is 0.453 e. The molecule has 13 heavy (non-hydrogen) atoms. The summed E-state index contributed by atoms with van der Waals surface area (Å²) in [6.07, 6.45) is -6.26. The van der Waals surface area contributed by atoms with Gasteiger partial charge in [-0.15, -0.1) is 0 Å². The minimum Gasteiger partial charge on any atom is -0.481 e. The maximum Gasteiger partial charge on any atom is 0.453 e. The predicted octanol–water partition coefficient (Wildman–Crippen LogP) is 1.90. The second-order valence-corrected chi connectivity index (χ2v) is 2.91. The molecule has 0 spiro atoms. The van der Waals surface area contributed by atoms with E-state index in [1.807, 2.05) is 0 Å². The van der Waals surface area contributed by atoms with Gasteiger partial charge in [0.05, 0.1) is 5.92 Å². The van der Waals surface area contributed by atoms with Crippen molar-refractivity contribution in [3.05, 3.63) is 0 Å². The highest BCUT2D eigenvalue weighted by Gasteiger charge is 2.70. The van der Waals surface area contributed by atoms with Gasteiger partial charge in [0.2, 0.25) is 0 Å². The Labute approximate surface area is 69.3 Å². The van der Waals surface area contributed by atoms with Crippen LogP contribution in [0.15, 0.2) is 0 Å². The summed E-state index contributed by atoms with van der Waals surface area (Å²) >= 11 is 0. The molecule has 76 valence electrons. The molecule has 1 aliphatic rings. The maximum absolute atomic E-state index is 12.3. The Bertz CT molecular complexity index is 234. The van der Waals surface area contributed by atoms with Gasteiger partial charge in [-0.3, -0.25) is 4.79 Å². The van der Waals surface area contributed by atoms with Crippen molar-refractivity contribution in [1.29, 1.82) is 0 Å². The Morgan fingerprint density at radius 2 is 1.69 bits per heavy atom. The Kier molecular flexibility index (Phi) is 2.00. The van der Waals surface area contributed by atoms with Crippen LogP contribution >= 0.6 is 0 Å². The number of carbonyl (C=O) groups is 1. The number of halogens is 5. The highest BCUT2D eigenvalue weighted by Crippen LogP contribution is 2.55. The van der Waals surface area contributed by atoms with Crippen LogP contribution in [0.1, 0.15) is 6.42 Å². The van der Waals surface area contributed by atoms with E-state index in [4.69, 9.17) is 5.11 Å². The van der Waals surface area contributed by atoms with E-state index in [0.29, 0.717) is 0 Å². The third kappa shape index (κ3) is 1.59. The van der Waals surface area contributed by atoms with Crippen LogP contribution in [0, 0.1) is 11.8 Å². The fourth-order valence-electron chi connectivity index (χ4n) is 1.08. The Hall–Kier alpha value is -0.880. The lowest BCUT2D eigenvalue weighted by Gasteiger charge is -2.18.